The molecule has 0 radical (unpaired) electrons. The summed E-state index contributed by atoms with van der Waals surface area (Å²) in [5.74, 6) is -0.527. The molecule has 0 saturated heterocycles. The highest BCUT2D eigenvalue weighted by molar-refractivity contribution is 5.94. The maximum atomic E-state index is 11.8. The summed E-state index contributed by atoms with van der Waals surface area (Å²) in [6.07, 6.45) is 4.51. The second-order valence-corrected chi connectivity index (χ2v) is 5.09. The summed E-state index contributed by atoms with van der Waals surface area (Å²) in [7, 11) is 0. The Morgan fingerprint density at radius 1 is 1.32 bits per heavy atom. The zero-order chi connectivity index (χ0) is 15.8. The average Bonchev–Trinajstić information content (AvgIpc) is 2.55. The van der Waals surface area contributed by atoms with E-state index in [0.29, 0.717) is 0 Å². The van der Waals surface area contributed by atoms with Gasteiger partial charge in [-0.2, -0.15) is 5.26 Å². The van der Waals surface area contributed by atoms with Crippen LogP contribution in [0.1, 0.15) is 31.7 Å². The molecule has 22 heavy (non-hydrogen) atoms. The van der Waals surface area contributed by atoms with Gasteiger partial charge in [-0.1, -0.05) is 30.3 Å². The van der Waals surface area contributed by atoms with E-state index in [0.717, 1.165) is 37.1 Å². The molecule has 0 aromatic heterocycles. The summed E-state index contributed by atoms with van der Waals surface area (Å²) < 4.78 is 4.94. The van der Waals surface area contributed by atoms with Crippen molar-refractivity contribution >= 4 is 5.97 Å². The number of carbonyl (C=O) groups excluding carboxylic acids is 1. The number of nitrogens with zero attached hydrogens (tertiary/aromatic N) is 1. The van der Waals surface area contributed by atoms with Gasteiger partial charge in [-0.15, -0.1) is 0 Å². The minimum atomic E-state index is -0.527. The molecule has 0 atom stereocenters. The van der Waals surface area contributed by atoms with Crippen molar-refractivity contribution in [1.82, 2.24) is 5.32 Å². The number of hydrogen-bond acceptors (Lipinski definition) is 4. The molecule has 0 heterocycles. The lowest BCUT2D eigenvalue weighted by atomic mass is 9.95. The molecule has 0 bridgehead atoms. The molecule has 2 rings (SSSR count). The lowest BCUT2D eigenvalue weighted by molar-refractivity contribution is -0.138. The van der Waals surface area contributed by atoms with Crippen LogP contribution in [0.4, 0.5) is 0 Å². The second kappa shape index (κ2) is 8.04. The lowest BCUT2D eigenvalue weighted by Crippen LogP contribution is -2.17. The topological polar surface area (TPSA) is 62.1 Å². The number of carbonyl (C=O) groups is 1. The summed E-state index contributed by atoms with van der Waals surface area (Å²) in [6.45, 7) is 2.75. The molecule has 0 unspecified atom stereocenters. The van der Waals surface area contributed by atoms with Crippen LogP contribution in [0.15, 0.2) is 53.3 Å². The van der Waals surface area contributed by atoms with Gasteiger partial charge in [0, 0.05) is 12.2 Å². The van der Waals surface area contributed by atoms with Gasteiger partial charge in [-0.05, 0) is 43.4 Å². The van der Waals surface area contributed by atoms with Crippen LogP contribution in [0.3, 0.4) is 0 Å². The third kappa shape index (κ3) is 4.23. The Hall–Kier alpha value is -2.54. The van der Waals surface area contributed by atoms with E-state index in [-0.39, 0.29) is 12.2 Å². The number of benzene rings is 1. The van der Waals surface area contributed by atoms with Crippen LogP contribution in [0, 0.1) is 11.3 Å². The summed E-state index contributed by atoms with van der Waals surface area (Å²) >= 11 is 0. The minimum absolute atomic E-state index is 0.126. The van der Waals surface area contributed by atoms with E-state index < -0.39 is 5.97 Å². The highest BCUT2D eigenvalue weighted by atomic mass is 16.5. The third-order valence-corrected chi connectivity index (χ3v) is 3.52. The smallest absolute Gasteiger partial charge is 0.349 e. The van der Waals surface area contributed by atoms with Crippen LogP contribution < -0.4 is 5.32 Å². The third-order valence-electron chi connectivity index (χ3n) is 3.52. The predicted molar refractivity (Wildman–Crippen MR) is 84.5 cm³/mol. The first-order chi connectivity index (χ1) is 10.7. The number of hydrogen-bond donors (Lipinski definition) is 1. The molecule has 0 spiro atoms. The number of esters is 1. The number of nitrogens with one attached hydrogen (secondary N) is 1. The number of allylic oxidation sites excluding steroid dienone is 3. The van der Waals surface area contributed by atoms with Crippen molar-refractivity contribution in [2.45, 2.75) is 32.7 Å². The fourth-order valence-corrected chi connectivity index (χ4v) is 2.42. The molecule has 1 aromatic rings. The van der Waals surface area contributed by atoms with Gasteiger partial charge in [0.25, 0.3) is 0 Å². The standard InChI is InChI=1S/C18H20N2O2/c1-2-22-18(21)17(12-19)15-9-6-10-16(11-15)20-13-14-7-4-3-5-8-14/h3-5,7-8,11,20H,2,6,9-10,13H2,1H3/b17-15+. The Bertz CT molecular complexity index is 624. The van der Waals surface area contributed by atoms with Gasteiger partial charge in [0.1, 0.15) is 11.6 Å². The van der Waals surface area contributed by atoms with E-state index >= 15 is 0 Å². The first kappa shape index (κ1) is 15.8. The van der Waals surface area contributed by atoms with Gasteiger partial charge in [0.05, 0.1) is 6.61 Å². The molecule has 4 nitrogen and oxygen atoms in total. The van der Waals surface area contributed by atoms with Gasteiger partial charge in [-0.3, -0.25) is 0 Å². The summed E-state index contributed by atoms with van der Waals surface area (Å²) in [5.41, 5.74) is 3.15. The molecular weight excluding hydrogens is 276 g/mol. The Morgan fingerprint density at radius 2 is 2.09 bits per heavy atom. The van der Waals surface area contributed by atoms with E-state index in [4.69, 9.17) is 4.74 Å². The van der Waals surface area contributed by atoms with E-state index in [1.165, 1.54) is 5.56 Å². The Balaban J connectivity index is 2.11. The number of nitriles is 1. The molecule has 114 valence electrons. The van der Waals surface area contributed by atoms with Gasteiger partial charge in [0.15, 0.2) is 0 Å². The fourth-order valence-electron chi connectivity index (χ4n) is 2.42. The van der Waals surface area contributed by atoms with Crippen LogP contribution in [0.25, 0.3) is 0 Å². The monoisotopic (exact) mass is 296 g/mol. The van der Waals surface area contributed by atoms with Crippen molar-refractivity contribution in [1.29, 1.82) is 5.26 Å². The maximum Gasteiger partial charge on any atom is 0.349 e. The fraction of sp³-hybridized carbons (Fsp3) is 0.333. The van der Waals surface area contributed by atoms with Crippen LogP contribution in [-0.4, -0.2) is 12.6 Å². The molecule has 4 heteroatoms. The zero-order valence-electron chi connectivity index (χ0n) is 12.8. The number of rotatable bonds is 5. The lowest BCUT2D eigenvalue weighted by Gasteiger charge is -2.18. The zero-order valence-corrected chi connectivity index (χ0v) is 12.8. The number of ether oxygens (including phenoxy) is 1. The van der Waals surface area contributed by atoms with E-state index in [1.54, 1.807) is 6.92 Å². The van der Waals surface area contributed by atoms with Crippen molar-refractivity contribution in [2.75, 3.05) is 6.61 Å². The highest BCUT2D eigenvalue weighted by Crippen LogP contribution is 2.24. The van der Waals surface area contributed by atoms with Crippen LogP contribution in [0.2, 0.25) is 0 Å². The van der Waals surface area contributed by atoms with Gasteiger partial charge < -0.3 is 10.1 Å². The molecule has 0 aliphatic heterocycles. The molecule has 1 aromatic carbocycles. The first-order valence-electron chi connectivity index (χ1n) is 7.53. The Kier molecular flexibility index (Phi) is 5.79. The minimum Gasteiger partial charge on any atom is -0.462 e. The first-order valence-corrected chi connectivity index (χ1v) is 7.53. The van der Waals surface area contributed by atoms with Crippen molar-refractivity contribution in [3.05, 3.63) is 58.8 Å². The average molecular weight is 296 g/mol. The van der Waals surface area contributed by atoms with E-state index in [2.05, 4.69) is 17.4 Å². The largest absolute Gasteiger partial charge is 0.462 e. The second-order valence-electron chi connectivity index (χ2n) is 5.09. The molecule has 1 aliphatic rings. The van der Waals surface area contributed by atoms with Crippen LogP contribution in [-0.2, 0) is 16.1 Å². The Morgan fingerprint density at radius 3 is 2.77 bits per heavy atom. The summed E-state index contributed by atoms with van der Waals surface area (Å²) in [5, 5.41) is 12.6. The van der Waals surface area contributed by atoms with Gasteiger partial charge in [0.2, 0.25) is 0 Å². The molecular formula is C18H20N2O2. The van der Waals surface area contributed by atoms with Crippen molar-refractivity contribution < 1.29 is 9.53 Å². The molecule has 1 aliphatic carbocycles. The molecule has 0 fully saturated rings. The van der Waals surface area contributed by atoms with E-state index in [1.807, 2.05) is 30.3 Å². The van der Waals surface area contributed by atoms with Crippen LogP contribution in [0.5, 0.6) is 0 Å². The SMILES string of the molecule is CCOC(=O)/C(C#N)=C1/C=C(NCc2ccccc2)CCC1. The van der Waals surface area contributed by atoms with E-state index in [9.17, 15) is 10.1 Å². The molecule has 0 saturated carbocycles. The molecule has 1 N–H and O–H groups in total. The van der Waals surface area contributed by atoms with Crippen molar-refractivity contribution in [3.63, 3.8) is 0 Å². The van der Waals surface area contributed by atoms with Gasteiger partial charge in [-0.25, -0.2) is 4.79 Å². The summed E-state index contributed by atoms with van der Waals surface area (Å²) in [4.78, 5) is 11.8. The quantitative estimate of drug-likeness (QED) is 0.515. The van der Waals surface area contributed by atoms with Crippen molar-refractivity contribution in [2.24, 2.45) is 0 Å². The van der Waals surface area contributed by atoms with Crippen LogP contribution >= 0.6 is 0 Å². The maximum absolute atomic E-state index is 11.8. The normalized spacial score (nSPS) is 16.3. The molecule has 0 amide bonds. The predicted octanol–water partition coefficient (Wildman–Crippen LogP) is 3.23. The Labute approximate surface area is 131 Å². The highest BCUT2D eigenvalue weighted by Gasteiger charge is 2.18. The summed E-state index contributed by atoms with van der Waals surface area (Å²) in [6, 6.07) is 12.1. The van der Waals surface area contributed by atoms with Crippen molar-refractivity contribution in [3.8, 4) is 6.07 Å². The van der Waals surface area contributed by atoms with Gasteiger partial charge >= 0.3 is 5.97 Å².